The van der Waals surface area contributed by atoms with E-state index in [9.17, 15) is 8.78 Å². The quantitative estimate of drug-likeness (QED) is 0.655. The van der Waals surface area contributed by atoms with Crippen molar-refractivity contribution in [2.45, 2.75) is 19.2 Å². The second-order valence-corrected chi connectivity index (χ2v) is 2.76. The molecular formula is C8H8ClF2N. The molecule has 0 aromatic carbocycles. The normalized spacial score (nSPS) is 10.8. The Kier molecular flexibility index (Phi) is 2.98. The summed E-state index contributed by atoms with van der Waals surface area (Å²) in [6.07, 6.45) is -2.52. The van der Waals surface area contributed by atoms with E-state index in [-0.39, 0.29) is 11.6 Å². The molecule has 0 saturated heterocycles. The Bertz CT molecular complexity index is 276. The fraction of sp³-hybridized carbons (Fsp3) is 0.375. The van der Waals surface area contributed by atoms with Crippen molar-refractivity contribution >= 4 is 11.6 Å². The Morgan fingerprint density at radius 2 is 2.17 bits per heavy atom. The topological polar surface area (TPSA) is 12.9 Å². The SMILES string of the molecule is Cc1cc(CCl)nc(C(F)F)c1. The van der Waals surface area contributed by atoms with Crippen LogP contribution in [0.5, 0.6) is 0 Å². The average Bonchev–Trinajstić information content (AvgIpc) is 2.03. The summed E-state index contributed by atoms with van der Waals surface area (Å²) in [5.74, 6) is 0.168. The Labute approximate surface area is 74.4 Å². The molecule has 1 heterocycles. The lowest BCUT2D eigenvalue weighted by Crippen LogP contribution is -1.95. The van der Waals surface area contributed by atoms with Gasteiger partial charge in [0.05, 0.1) is 11.6 Å². The number of aryl methyl sites for hydroxylation is 1. The first kappa shape index (κ1) is 9.39. The summed E-state index contributed by atoms with van der Waals surface area (Å²) >= 11 is 5.47. The lowest BCUT2D eigenvalue weighted by atomic mass is 10.2. The van der Waals surface area contributed by atoms with Crippen LogP contribution >= 0.6 is 11.6 Å². The van der Waals surface area contributed by atoms with Gasteiger partial charge < -0.3 is 0 Å². The second kappa shape index (κ2) is 3.81. The van der Waals surface area contributed by atoms with Crippen LogP contribution in [0, 0.1) is 6.92 Å². The number of hydrogen-bond acceptors (Lipinski definition) is 1. The molecule has 66 valence electrons. The Balaban J connectivity index is 3.06. The highest BCUT2D eigenvalue weighted by Gasteiger charge is 2.09. The third kappa shape index (κ3) is 2.14. The van der Waals surface area contributed by atoms with E-state index in [4.69, 9.17) is 11.6 Å². The maximum atomic E-state index is 12.2. The summed E-state index contributed by atoms with van der Waals surface area (Å²) in [6, 6.07) is 3.06. The summed E-state index contributed by atoms with van der Waals surface area (Å²) in [7, 11) is 0. The molecule has 4 heteroatoms. The van der Waals surface area contributed by atoms with E-state index in [2.05, 4.69) is 4.98 Å². The molecule has 0 aliphatic rings. The van der Waals surface area contributed by atoms with Crippen molar-refractivity contribution < 1.29 is 8.78 Å². The zero-order valence-corrected chi connectivity index (χ0v) is 7.28. The van der Waals surface area contributed by atoms with E-state index in [1.807, 2.05) is 0 Å². The molecule has 1 aromatic heterocycles. The van der Waals surface area contributed by atoms with E-state index in [0.717, 1.165) is 5.56 Å². The first-order chi connectivity index (χ1) is 5.63. The maximum Gasteiger partial charge on any atom is 0.280 e. The van der Waals surface area contributed by atoms with Gasteiger partial charge >= 0.3 is 0 Å². The molecule has 1 nitrogen and oxygen atoms in total. The number of pyridine rings is 1. The van der Waals surface area contributed by atoms with Gasteiger partial charge in [-0.3, -0.25) is 4.98 Å². The zero-order valence-electron chi connectivity index (χ0n) is 6.52. The molecule has 0 aliphatic heterocycles. The van der Waals surface area contributed by atoms with E-state index >= 15 is 0 Å². The summed E-state index contributed by atoms with van der Waals surface area (Å²) in [5, 5.41) is 0. The van der Waals surface area contributed by atoms with Gasteiger partial charge in [0.2, 0.25) is 0 Å². The van der Waals surface area contributed by atoms with Gasteiger partial charge in [-0.25, -0.2) is 8.78 Å². The van der Waals surface area contributed by atoms with Crippen molar-refractivity contribution in [2.24, 2.45) is 0 Å². The minimum atomic E-state index is -2.52. The Hall–Kier alpha value is -0.700. The summed E-state index contributed by atoms with van der Waals surface area (Å²) < 4.78 is 24.3. The Morgan fingerprint density at radius 3 is 2.67 bits per heavy atom. The average molecular weight is 192 g/mol. The molecule has 0 saturated carbocycles. The van der Waals surface area contributed by atoms with Crippen molar-refractivity contribution in [3.8, 4) is 0 Å². The number of alkyl halides is 3. The van der Waals surface area contributed by atoms with E-state index in [1.165, 1.54) is 6.07 Å². The molecule has 0 atom stereocenters. The smallest absolute Gasteiger partial charge is 0.251 e. The zero-order chi connectivity index (χ0) is 9.14. The lowest BCUT2D eigenvalue weighted by molar-refractivity contribution is 0.146. The van der Waals surface area contributed by atoms with Crippen LogP contribution < -0.4 is 0 Å². The number of halogens is 3. The maximum absolute atomic E-state index is 12.2. The van der Waals surface area contributed by atoms with E-state index in [1.54, 1.807) is 13.0 Å². The third-order valence-electron chi connectivity index (χ3n) is 1.40. The molecule has 1 aromatic rings. The second-order valence-electron chi connectivity index (χ2n) is 2.50. The monoisotopic (exact) mass is 191 g/mol. The highest BCUT2D eigenvalue weighted by Crippen LogP contribution is 2.18. The largest absolute Gasteiger partial charge is 0.280 e. The van der Waals surface area contributed by atoms with Crippen molar-refractivity contribution in [1.29, 1.82) is 0 Å². The highest BCUT2D eigenvalue weighted by molar-refractivity contribution is 6.16. The van der Waals surface area contributed by atoms with Crippen LogP contribution in [0.4, 0.5) is 8.78 Å². The van der Waals surface area contributed by atoms with E-state index < -0.39 is 6.43 Å². The molecular weight excluding hydrogens is 184 g/mol. The predicted molar refractivity (Wildman–Crippen MR) is 43.5 cm³/mol. The van der Waals surface area contributed by atoms with Gasteiger partial charge in [0.15, 0.2) is 0 Å². The first-order valence-electron chi connectivity index (χ1n) is 3.45. The molecule has 12 heavy (non-hydrogen) atoms. The number of nitrogens with zero attached hydrogens (tertiary/aromatic N) is 1. The van der Waals surface area contributed by atoms with Crippen LogP contribution in [0.15, 0.2) is 12.1 Å². The summed E-state index contributed by atoms with van der Waals surface area (Å²) in [4.78, 5) is 3.67. The highest BCUT2D eigenvalue weighted by atomic mass is 35.5. The van der Waals surface area contributed by atoms with E-state index in [0.29, 0.717) is 5.69 Å². The minimum Gasteiger partial charge on any atom is -0.251 e. The van der Waals surface area contributed by atoms with Crippen LogP contribution in [0.2, 0.25) is 0 Å². The standard InChI is InChI=1S/C8H8ClF2N/c1-5-2-6(4-9)12-7(3-5)8(10)11/h2-3,8H,4H2,1H3. The van der Waals surface area contributed by atoms with Gasteiger partial charge in [-0.1, -0.05) is 0 Å². The van der Waals surface area contributed by atoms with Crippen LogP contribution in [-0.2, 0) is 5.88 Å². The predicted octanol–water partition coefficient (Wildman–Crippen LogP) is 3.07. The molecule has 1 rings (SSSR count). The molecule has 0 bridgehead atoms. The molecule has 0 fully saturated rings. The number of aromatic nitrogens is 1. The minimum absolute atomic E-state index is 0.168. The summed E-state index contributed by atoms with van der Waals surface area (Å²) in [6.45, 7) is 1.74. The van der Waals surface area contributed by atoms with Gasteiger partial charge in [-0.2, -0.15) is 0 Å². The molecule has 0 N–H and O–H groups in total. The Morgan fingerprint density at radius 1 is 1.50 bits per heavy atom. The van der Waals surface area contributed by atoms with Gasteiger partial charge in [0, 0.05) is 0 Å². The van der Waals surface area contributed by atoms with Crippen molar-refractivity contribution in [3.05, 3.63) is 29.1 Å². The molecule has 0 unspecified atom stereocenters. The fourth-order valence-electron chi connectivity index (χ4n) is 0.948. The van der Waals surface area contributed by atoms with Crippen molar-refractivity contribution in [2.75, 3.05) is 0 Å². The molecule has 0 spiro atoms. The van der Waals surface area contributed by atoms with Crippen LogP contribution in [-0.4, -0.2) is 4.98 Å². The summed E-state index contributed by atoms with van der Waals surface area (Å²) in [5.41, 5.74) is 1.05. The van der Waals surface area contributed by atoms with Gasteiger partial charge in [-0.15, -0.1) is 11.6 Å². The van der Waals surface area contributed by atoms with Gasteiger partial charge in [0.1, 0.15) is 5.69 Å². The van der Waals surface area contributed by atoms with Crippen LogP contribution in [0.1, 0.15) is 23.4 Å². The molecule has 0 radical (unpaired) electrons. The number of rotatable bonds is 2. The first-order valence-corrected chi connectivity index (χ1v) is 3.98. The molecule has 0 aliphatic carbocycles. The fourth-order valence-corrected chi connectivity index (χ4v) is 1.09. The lowest BCUT2D eigenvalue weighted by Gasteiger charge is -2.02. The van der Waals surface area contributed by atoms with Crippen LogP contribution in [0.3, 0.4) is 0 Å². The third-order valence-corrected chi connectivity index (χ3v) is 1.68. The van der Waals surface area contributed by atoms with Gasteiger partial charge in [0.25, 0.3) is 6.43 Å². The van der Waals surface area contributed by atoms with Crippen molar-refractivity contribution in [3.63, 3.8) is 0 Å². The van der Waals surface area contributed by atoms with Crippen molar-refractivity contribution in [1.82, 2.24) is 4.98 Å². The van der Waals surface area contributed by atoms with Crippen LogP contribution in [0.25, 0.3) is 0 Å². The number of hydrogen-bond donors (Lipinski definition) is 0. The van der Waals surface area contributed by atoms with Gasteiger partial charge in [-0.05, 0) is 24.6 Å². The molecule has 0 amide bonds.